The van der Waals surface area contributed by atoms with Gasteiger partial charge in [-0.05, 0) is 50.6 Å². The summed E-state index contributed by atoms with van der Waals surface area (Å²) in [6.07, 6.45) is 1.75. The first-order valence-corrected chi connectivity index (χ1v) is 6.54. The SMILES string of the molecule is Cc1nnc(N/N=C/c2ccc(OC(C)C)cc2)[nH]c1=O. The number of nitrogens with zero attached hydrogens (tertiary/aromatic N) is 3. The highest BCUT2D eigenvalue weighted by atomic mass is 16.5. The van der Waals surface area contributed by atoms with Crippen LogP contribution in [0.2, 0.25) is 0 Å². The molecule has 0 aliphatic carbocycles. The number of aromatic amines is 1. The van der Waals surface area contributed by atoms with Gasteiger partial charge in [0.1, 0.15) is 11.4 Å². The molecule has 0 radical (unpaired) electrons. The van der Waals surface area contributed by atoms with Gasteiger partial charge in [-0.2, -0.15) is 5.10 Å². The van der Waals surface area contributed by atoms with Crippen LogP contribution in [0.25, 0.3) is 0 Å². The summed E-state index contributed by atoms with van der Waals surface area (Å²) in [4.78, 5) is 13.9. The molecule has 2 aromatic rings. The molecular weight excluding hydrogens is 270 g/mol. The second-order valence-electron chi connectivity index (χ2n) is 4.69. The van der Waals surface area contributed by atoms with E-state index in [1.807, 2.05) is 38.1 Å². The van der Waals surface area contributed by atoms with E-state index in [2.05, 4.69) is 25.7 Å². The van der Waals surface area contributed by atoms with Gasteiger partial charge in [-0.1, -0.05) is 0 Å². The number of H-pyrrole nitrogens is 1. The summed E-state index contributed by atoms with van der Waals surface area (Å²) in [5.74, 6) is 1.01. The largest absolute Gasteiger partial charge is 0.491 e. The van der Waals surface area contributed by atoms with Crippen LogP contribution in [0.1, 0.15) is 25.1 Å². The molecule has 110 valence electrons. The Labute approximate surface area is 122 Å². The van der Waals surface area contributed by atoms with Gasteiger partial charge < -0.3 is 4.74 Å². The predicted molar refractivity (Wildman–Crippen MR) is 80.8 cm³/mol. The number of rotatable bonds is 5. The average molecular weight is 287 g/mol. The van der Waals surface area contributed by atoms with E-state index in [1.165, 1.54) is 0 Å². The van der Waals surface area contributed by atoms with E-state index in [4.69, 9.17) is 4.74 Å². The van der Waals surface area contributed by atoms with Crippen molar-refractivity contribution < 1.29 is 4.74 Å². The lowest BCUT2D eigenvalue weighted by atomic mass is 10.2. The van der Waals surface area contributed by atoms with E-state index in [0.29, 0.717) is 5.69 Å². The number of ether oxygens (including phenoxy) is 1. The number of anilines is 1. The second-order valence-corrected chi connectivity index (χ2v) is 4.69. The van der Waals surface area contributed by atoms with Crippen LogP contribution in [0.4, 0.5) is 5.95 Å². The fraction of sp³-hybridized carbons (Fsp3) is 0.286. The number of aryl methyl sites for hydroxylation is 1. The number of nitrogens with one attached hydrogen (secondary N) is 2. The molecule has 0 amide bonds. The average Bonchev–Trinajstić information content (AvgIpc) is 2.44. The molecule has 0 spiro atoms. The highest BCUT2D eigenvalue weighted by Crippen LogP contribution is 2.12. The van der Waals surface area contributed by atoms with Crippen molar-refractivity contribution in [3.05, 3.63) is 45.9 Å². The maximum absolute atomic E-state index is 11.3. The van der Waals surface area contributed by atoms with Gasteiger partial charge >= 0.3 is 0 Å². The molecule has 0 atom stereocenters. The van der Waals surface area contributed by atoms with Gasteiger partial charge in [-0.3, -0.25) is 9.78 Å². The summed E-state index contributed by atoms with van der Waals surface area (Å²) in [6.45, 7) is 5.53. The maximum Gasteiger partial charge on any atom is 0.274 e. The maximum atomic E-state index is 11.3. The quantitative estimate of drug-likeness (QED) is 0.645. The third-order valence-corrected chi connectivity index (χ3v) is 2.50. The third-order valence-electron chi connectivity index (χ3n) is 2.50. The third kappa shape index (κ3) is 4.41. The summed E-state index contributed by atoms with van der Waals surface area (Å²) < 4.78 is 5.55. The van der Waals surface area contributed by atoms with Crippen LogP contribution < -0.4 is 15.7 Å². The molecule has 7 heteroatoms. The van der Waals surface area contributed by atoms with Gasteiger partial charge in [0.2, 0.25) is 5.95 Å². The van der Waals surface area contributed by atoms with Gasteiger partial charge in [0.25, 0.3) is 5.56 Å². The molecule has 0 aliphatic rings. The fourth-order valence-electron chi connectivity index (χ4n) is 1.52. The van der Waals surface area contributed by atoms with Gasteiger partial charge in [-0.15, -0.1) is 10.2 Å². The minimum Gasteiger partial charge on any atom is -0.491 e. The lowest BCUT2D eigenvalue weighted by Crippen LogP contribution is -2.15. The minimum atomic E-state index is -0.294. The first-order chi connectivity index (χ1) is 10.0. The van der Waals surface area contributed by atoms with E-state index in [9.17, 15) is 4.79 Å². The Bertz CT molecular complexity index is 677. The molecule has 2 rings (SSSR count). The van der Waals surface area contributed by atoms with Crippen LogP contribution in [-0.4, -0.2) is 27.5 Å². The van der Waals surface area contributed by atoms with Crippen LogP contribution in [0.3, 0.4) is 0 Å². The topological polar surface area (TPSA) is 92.3 Å². The normalized spacial score (nSPS) is 11.0. The molecule has 0 fully saturated rings. The van der Waals surface area contributed by atoms with Crippen molar-refractivity contribution in [3.8, 4) is 5.75 Å². The minimum absolute atomic E-state index is 0.142. The monoisotopic (exact) mass is 287 g/mol. The zero-order valence-corrected chi connectivity index (χ0v) is 12.1. The van der Waals surface area contributed by atoms with Crippen LogP contribution in [0.15, 0.2) is 34.2 Å². The molecule has 21 heavy (non-hydrogen) atoms. The number of hydrogen-bond acceptors (Lipinski definition) is 6. The molecule has 0 bridgehead atoms. The first kappa shape index (κ1) is 14.7. The number of aromatic nitrogens is 3. The molecule has 0 unspecified atom stereocenters. The highest BCUT2D eigenvalue weighted by molar-refractivity contribution is 5.80. The lowest BCUT2D eigenvalue weighted by Gasteiger charge is -2.09. The van der Waals surface area contributed by atoms with Crippen molar-refractivity contribution in [3.63, 3.8) is 0 Å². The Kier molecular flexibility index (Phi) is 4.65. The van der Waals surface area contributed by atoms with E-state index >= 15 is 0 Å². The van der Waals surface area contributed by atoms with E-state index < -0.39 is 0 Å². The smallest absolute Gasteiger partial charge is 0.274 e. The summed E-state index contributed by atoms with van der Waals surface area (Å²) in [5, 5.41) is 11.4. The number of hydrogen-bond donors (Lipinski definition) is 2. The van der Waals surface area contributed by atoms with Gasteiger partial charge in [0.15, 0.2) is 0 Å². The molecule has 1 aromatic carbocycles. The standard InChI is InChI=1S/C14H17N5O2/c1-9(2)21-12-6-4-11(5-7-12)8-15-18-14-16-13(20)10(3)17-19-14/h4-9H,1-3H3,(H2,16,18,19,20)/b15-8+. The second kappa shape index (κ2) is 6.65. The summed E-state index contributed by atoms with van der Waals surface area (Å²) in [5.41, 5.74) is 3.52. The highest BCUT2D eigenvalue weighted by Gasteiger charge is 1.98. The summed E-state index contributed by atoms with van der Waals surface area (Å²) in [6, 6.07) is 7.50. The molecule has 0 saturated carbocycles. The van der Waals surface area contributed by atoms with Crippen LogP contribution in [0, 0.1) is 6.92 Å². The van der Waals surface area contributed by atoms with Crippen molar-refractivity contribution in [1.82, 2.24) is 15.2 Å². The van der Waals surface area contributed by atoms with Crippen molar-refractivity contribution in [1.29, 1.82) is 0 Å². The van der Waals surface area contributed by atoms with E-state index in [-0.39, 0.29) is 17.6 Å². The van der Waals surface area contributed by atoms with Crippen molar-refractivity contribution in [2.24, 2.45) is 5.10 Å². The van der Waals surface area contributed by atoms with Crippen molar-refractivity contribution in [2.45, 2.75) is 26.9 Å². The Balaban J connectivity index is 1.97. The Morgan fingerprint density at radius 2 is 2.00 bits per heavy atom. The molecule has 0 saturated heterocycles. The fourth-order valence-corrected chi connectivity index (χ4v) is 1.52. The molecule has 1 aromatic heterocycles. The van der Waals surface area contributed by atoms with Gasteiger partial charge in [0, 0.05) is 0 Å². The zero-order chi connectivity index (χ0) is 15.2. The van der Waals surface area contributed by atoms with Gasteiger partial charge in [-0.25, -0.2) is 5.43 Å². The predicted octanol–water partition coefficient (Wildman–Crippen LogP) is 1.71. The zero-order valence-electron chi connectivity index (χ0n) is 12.1. The van der Waals surface area contributed by atoms with Gasteiger partial charge in [0.05, 0.1) is 12.3 Å². The van der Waals surface area contributed by atoms with E-state index in [1.54, 1.807) is 13.1 Å². The molecule has 2 N–H and O–H groups in total. The molecule has 7 nitrogen and oxygen atoms in total. The number of benzene rings is 1. The van der Waals surface area contributed by atoms with Crippen LogP contribution in [0.5, 0.6) is 5.75 Å². The Morgan fingerprint density at radius 1 is 1.29 bits per heavy atom. The Hall–Kier alpha value is -2.70. The van der Waals surface area contributed by atoms with Crippen molar-refractivity contribution in [2.75, 3.05) is 5.43 Å². The molecular formula is C14H17N5O2. The molecule has 1 heterocycles. The van der Waals surface area contributed by atoms with Crippen LogP contribution in [-0.2, 0) is 0 Å². The Morgan fingerprint density at radius 3 is 2.62 bits per heavy atom. The summed E-state index contributed by atoms with van der Waals surface area (Å²) >= 11 is 0. The summed E-state index contributed by atoms with van der Waals surface area (Å²) in [7, 11) is 0. The van der Waals surface area contributed by atoms with Crippen LogP contribution >= 0.6 is 0 Å². The number of hydrazone groups is 1. The van der Waals surface area contributed by atoms with Crippen molar-refractivity contribution >= 4 is 12.2 Å². The van der Waals surface area contributed by atoms with E-state index in [0.717, 1.165) is 11.3 Å². The lowest BCUT2D eigenvalue weighted by molar-refractivity contribution is 0.242. The molecule has 0 aliphatic heterocycles. The first-order valence-electron chi connectivity index (χ1n) is 6.54.